The van der Waals surface area contributed by atoms with Gasteiger partial charge in [-0.2, -0.15) is 5.10 Å². The van der Waals surface area contributed by atoms with E-state index in [1.54, 1.807) is 18.3 Å². The van der Waals surface area contributed by atoms with E-state index in [9.17, 15) is 14.4 Å². The molecule has 180 valence electrons. The number of anilines is 2. The van der Waals surface area contributed by atoms with Crippen LogP contribution in [-0.4, -0.2) is 39.6 Å². The lowest BCUT2D eigenvalue weighted by Crippen LogP contribution is -2.49. The Bertz CT molecular complexity index is 1220. The minimum atomic E-state index is -0.441. The van der Waals surface area contributed by atoms with Crippen molar-refractivity contribution in [3.05, 3.63) is 65.6 Å². The lowest BCUT2D eigenvalue weighted by molar-refractivity contribution is -0.120. The number of ether oxygens (including phenoxy) is 1. The van der Waals surface area contributed by atoms with E-state index >= 15 is 0 Å². The monoisotopic (exact) mass is 474 g/mol. The molecule has 0 spiro atoms. The van der Waals surface area contributed by atoms with Gasteiger partial charge in [-0.25, -0.2) is 4.79 Å². The maximum absolute atomic E-state index is 12.4. The van der Waals surface area contributed by atoms with Gasteiger partial charge in [0.2, 0.25) is 11.8 Å². The second-order valence-corrected chi connectivity index (χ2v) is 8.76. The molecule has 10 nitrogen and oxygen atoms in total. The number of carbonyl (C=O) groups is 3. The van der Waals surface area contributed by atoms with E-state index in [2.05, 4.69) is 25.8 Å². The SMILES string of the molecule is O=C1CCN(c2ccc(COc3ccc(CC(=O)Nc4cc(C5CCC5)[nH]n4)cc3)nc2)C(=O)N1. The lowest BCUT2D eigenvalue weighted by Gasteiger charge is -2.26. The molecule has 1 saturated carbocycles. The highest BCUT2D eigenvalue weighted by Gasteiger charge is 2.24. The van der Waals surface area contributed by atoms with Crippen molar-refractivity contribution in [2.45, 2.75) is 44.6 Å². The molecule has 3 aromatic rings. The van der Waals surface area contributed by atoms with Crippen molar-refractivity contribution >= 4 is 29.4 Å². The zero-order valence-electron chi connectivity index (χ0n) is 19.1. The Hall–Kier alpha value is -4.21. The van der Waals surface area contributed by atoms with Crippen LogP contribution in [0.1, 0.15) is 48.6 Å². The van der Waals surface area contributed by atoms with Crippen molar-refractivity contribution in [2.75, 3.05) is 16.8 Å². The zero-order valence-corrected chi connectivity index (χ0v) is 19.1. The summed E-state index contributed by atoms with van der Waals surface area (Å²) in [6.45, 7) is 0.586. The van der Waals surface area contributed by atoms with E-state index in [1.807, 2.05) is 30.3 Å². The summed E-state index contributed by atoms with van der Waals surface area (Å²) in [5.41, 5.74) is 3.28. The third kappa shape index (κ3) is 5.48. The molecule has 3 heterocycles. The van der Waals surface area contributed by atoms with Crippen LogP contribution in [0.2, 0.25) is 0 Å². The van der Waals surface area contributed by atoms with Gasteiger partial charge in [-0.3, -0.25) is 29.9 Å². The number of benzene rings is 1. The summed E-state index contributed by atoms with van der Waals surface area (Å²) in [5, 5.41) is 12.3. The molecule has 35 heavy (non-hydrogen) atoms. The van der Waals surface area contributed by atoms with Gasteiger partial charge in [0, 0.05) is 30.6 Å². The minimum Gasteiger partial charge on any atom is -0.487 e. The summed E-state index contributed by atoms with van der Waals surface area (Å²) in [4.78, 5) is 41.4. The summed E-state index contributed by atoms with van der Waals surface area (Å²) in [6.07, 6.45) is 5.68. The first-order valence-electron chi connectivity index (χ1n) is 11.7. The molecule has 10 heteroatoms. The van der Waals surface area contributed by atoms with Crippen molar-refractivity contribution in [3.63, 3.8) is 0 Å². The Morgan fingerprint density at radius 2 is 1.97 bits per heavy atom. The van der Waals surface area contributed by atoms with Crippen LogP contribution in [-0.2, 0) is 22.6 Å². The van der Waals surface area contributed by atoms with Gasteiger partial charge in [-0.15, -0.1) is 0 Å². The van der Waals surface area contributed by atoms with Crippen molar-refractivity contribution in [1.29, 1.82) is 0 Å². The number of pyridine rings is 1. The molecule has 1 aliphatic carbocycles. The van der Waals surface area contributed by atoms with Crippen molar-refractivity contribution in [3.8, 4) is 5.75 Å². The first-order valence-corrected chi connectivity index (χ1v) is 11.7. The van der Waals surface area contributed by atoms with Gasteiger partial charge < -0.3 is 10.1 Å². The van der Waals surface area contributed by atoms with Gasteiger partial charge in [0.05, 0.1) is 24.0 Å². The zero-order chi connectivity index (χ0) is 24.2. The molecule has 5 rings (SSSR count). The second-order valence-electron chi connectivity index (χ2n) is 8.76. The third-order valence-corrected chi connectivity index (χ3v) is 6.26. The maximum atomic E-state index is 12.4. The van der Waals surface area contributed by atoms with E-state index < -0.39 is 6.03 Å². The van der Waals surface area contributed by atoms with E-state index in [-0.39, 0.29) is 31.3 Å². The molecule has 0 radical (unpaired) electrons. The summed E-state index contributed by atoms with van der Waals surface area (Å²) < 4.78 is 5.79. The summed E-state index contributed by atoms with van der Waals surface area (Å²) in [5.74, 6) is 1.36. The van der Waals surface area contributed by atoms with Crippen LogP contribution >= 0.6 is 0 Å². The first-order chi connectivity index (χ1) is 17.0. The Morgan fingerprint density at radius 1 is 1.14 bits per heavy atom. The number of carbonyl (C=O) groups excluding carboxylic acids is 3. The fourth-order valence-electron chi connectivity index (χ4n) is 4.03. The number of aromatic nitrogens is 3. The largest absolute Gasteiger partial charge is 0.487 e. The van der Waals surface area contributed by atoms with Crippen LogP contribution in [0, 0.1) is 0 Å². The number of hydrogen-bond donors (Lipinski definition) is 3. The van der Waals surface area contributed by atoms with Crippen LogP contribution in [0.15, 0.2) is 48.7 Å². The lowest BCUT2D eigenvalue weighted by atomic mass is 9.83. The first kappa shape index (κ1) is 22.6. The minimum absolute atomic E-state index is 0.124. The molecule has 1 aromatic carbocycles. The standard InChI is InChI=1S/C25H26N6O4/c32-23-10-11-31(25(34)28-23)19-7-6-18(26-14-19)15-35-20-8-4-16(5-9-20)12-24(33)27-22-13-21(29-30-22)17-2-1-3-17/h4-9,13-14,17H,1-3,10-12,15H2,(H,28,32,34)(H2,27,29,30,33). The van der Waals surface area contributed by atoms with Gasteiger partial charge in [0.1, 0.15) is 12.4 Å². The van der Waals surface area contributed by atoms with Crippen molar-refractivity contribution in [2.24, 2.45) is 0 Å². The number of amides is 4. The number of hydrogen-bond acceptors (Lipinski definition) is 6. The fourth-order valence-corrected chi connectivity index (χ4v) is 4.03. The van der Waals surface area contributed by atoms with Crippen LogP contribution in [0.5, 0.6) is 5.75 Å². The summed E-state index contributed by atoms with van der Waals surface area (Å²) in [6, 6.07) is 12.4. The molecular formula is C25H26N6O4. The summed E-state index contributed by atoms with van der Waals surface area (Å²) >= 11 is 0. The predicted octanol–water partition coefficient (Wildman–Crippen LogP) is 3.28. The molecule has 4 amide bonds. The molecule has 0 atom stereocenters. The molecule has 2 aliphatic rings. The highest BCUT2D eigenvalue weighted by molar-refractivity contribution is 6.05. The maximum Gasteiger partial charge on any atom is 0.328 e. The molecule has 0 bridgehead atoms. The predicted molar refractivity (Wildman–Crippen MR) is 128 cm³/mol. The normalized spacial score (nSPS) is 15.9. The highest BCUT2D eigenvalue weighted by atomic mass is 16.5. The van der Waals surface area contributed by atoms with Crippen LogP contribution in [0.25, 0.3) is 0 Å². The van der Waals surface area contributed by atoms with Gasteiger partial charge in [-0.1, -0.05) is 18.6 Å². The molecule has 2 aromatic heterocycles. The van der Waals surface area contributed by atoms with E-state index in [0.717, 1.165) is 11.3 Å². The van der Waals surface area contributed by atoms with Gasteiger partial charge in [0.25, 0.3) is 0 Å². The number of rotatable bonds is 8. The smallest absolute Gasteiger partial charge is 0.328 e. The van der Waals surface area contributed by atoms with Gasteiger partial charge in [-0.05, 0) is 42.7 Å². The molecule has 1 saturated heterocycles. The van der Waals surface area contributed by atoms with E-state index in [4.69, 9.17) is 4.74 Å². The number of urea groups is 1. The molecule has 2 fully saturated rings. The second kappa shape index (κ2) is 9.96. The van der Waals surface area contributed by atoms with Crippen molar-refractivity contribution in [1.82, 2.24) is 20.5 Å². The third-order valence-electron chi connectivity index (χ3n) is 6.26. The summed E-state index contributed by atoms with van der Waals surface area (Å²) in [7, 11) is 0. The van der Waals surface area contributed by atoms with Crippen molar-refractivity contribution < 1.29 is 19.1 Å². The Labute approximate surface area is 202 Å². The fraction of sp³-hybridized carbons (Fsp3) is 0.320. The van der Waals surface area contributed by atoms with E-state index in [0.29, 0.717) is 35.4 Å². The Morgan fingerprint density at radius 3 is 2.66 bits per heavy atom. The molecule has 3 N–H and O–H groups in total. The van der Waals surface area contributed by atoms with Crippen LogP contribution in [0.3, 0.4) is 0 Å². The molecule has 1 aliphatic heterocycles. The van der Waals surface area contributed by atoms with Gasteiger partial charge in [0.15, 0.2) is 5.82 Å². The number of aromatic amines is 1. The topological polar surface area (TPSA) is 129 Å². The van der Waals surface area contributed by atoms with Gasteiger partial charge >= 0.3 is 6.03 Å². The Kier molecular flexibility index (Phi) is 6.42. The van der Waals surface area contributed by atoms with Crippen LogP contribution in [0.4, 0.5) is 16.3 Å². The number of nitrogens with one attached hydrogen (secondary N) is 3. The van der Waals surface area contributed by atoms with E-state index in [1.165, 1.54) is 24.2 Å². The number of imide groups is 1. The number of H-pyrrole nitrogens is 1. The highest BCUT2D eigenvalue weighted by Crippen LogP contribution is 2.35. The Balaban J connectivity index is 1.09. The molecular weight excluding hydrogens is 448 g/mol. The number of nitrogens with zero attached hydrogens (tertiary/aromatic N) is 3. The average Bonchev–Trinajstić information content (AvgIpc) is 3.25. The molecule has 0 unspecified atom stereocenters. The average molecular weight is 475 g/mol. The van der Waals surface area contributed by atoms with Crippen LogP contribution < -0.4 is 20.3 Å². The quantitative estimate of drug-likeness (QED) is 0.460.